The summed E-state index contributed by atoms with van der Waals surface area (Å²) in [6, 6.07) is 6.28. The quantitative estimate of drug-likeness (QED) is 0.236. The van der Waals surface area contributed by atoms with Gasteiger partial charge in [-0.15, -0.1) is 11.8 Å². The molecule has 8 rings (SSSR count). The van der Waals surface area contributed by atoms with Crippen LogP contribution in [0.2, 0.25) is 0 Å². The average Bonchev–Trinajstić information content (AvgIpc) is 2.95. The highest BCUT2D eigenvalue weighted by Gasteiger charge is 2.50. The van der Waals surface area contributed by atoms with Crippen LogP contribution in [0, 0.1) is 30.1 Å². The van der Waals surface area contributed by atoms with Crippen LogP contribution in [0.4, 0.5) is 0 Å². The number of rotatable bonds is 9. The largest absolute Gasteiger partial charge is 0.300 e. The number of thioether (sulfide) groups is 1. The first-order valence-electron chi connectivity index (χ1n) is 17.1. The van der Waals surface area contributed by atoms with Crippen LogP contribution >= 0.6 is 11.8 Å². The van der Waals surface area contributed by atoms with Crippen LogP contribution in [-0.4, -0.2) is 75.2 Å². The Kier molecular flexibility index (Phi) is 8.42. The molecule has 8 nitrogen and oxygen atoms in total. The van der Waals surface area contributed by atoms with E-state index in [1.54, 1.807) is 18.7 Å². The van der Waals surface area contributed by atoms with Gasteiger partial charge in [0.25, 0.3) is 5.56 Å². The number of aromatic nitrogens is 2. The van der Waals surface area contributed by atoms with Crippen LogP contribution in [0.1, 0.15) is 89.9 Å². The molecule has 3 heterocycles. The molecule has 2 aromatic rings. The monoisotopic (exact) mass is 619 g/mol. The number of hydrogen-bond acceptors (Lipinski definition) is 7. The first kappa shape index (κ1) is 30.4. The predicted molar refractivity (Wildman–Crippen MR) is 175 cm³/mol. The normalized spacial score (nSPS) is 34.2. The van der Waals surface area contributed by atoms with E-state index in [0.29, 0.717) is 40.6 Å². The molecule has 1 aromatic carbocycles. The van der Waals surface area contributed by atoms with Crippen molar-refractivity contribution in [1.29, 1.82) is 0 Å². The van der Waals surface area contributed by atoms with Crippen LogP contribution in [-0.2, 0) is 9.59 Å². The number of carbonyl (C=O) groups is 2. The molecule has 0 spiro atoms. The van der Waals surface area contributed by atoms with Crippen molar-refractivity contribution in [2.75, 3.05) is 31.9 Å². The third kappa shape index (κ3) is 5.89. The van der Waals surface area contributed by atoms with Gasteiger partial charge in [0.1, 0.15) is 11.9 Å². The first-order chi connectivity index (χ1) is 21.2. The van der Waals surface area contributed by atoms with E-state index in [9.17, 15) is 14.4 Å². The van der Waals surface area contributed by atoms with Gasteiger partial charge in [-0.2, -0.15) is 0 Å². The Balaban J connectivity index is 0.940. The third-order valence-corrected chi connectivity index (χ3v) is 12.9. The van der Waals surface area contributed by atoms with Crippen molar-refractivity contribution >= 4 is 34.5 Å². The van der Waals surface area contributed by atoms with Crippen LogP contribution in [0.5, 0.6) is 0 Å². The van der Waals surface area contributed by atoms with E-state index >= 15 is 0 Å². The smallest absolute Gasteiger partial charge is 0.263 e. The van der Waals surface area contributed by atoms with Gasteiger partial charge in [0.2, 0.25) is 11.8 Å². The second-order valence-electron chi connectivity index (χ2n) is 15.0. The molecule has 4 aliphatic carbocycles. The van der Waals surface area contributed by atoms with Crippen molar-refractivity contribution in [1.82, 2.24) is 24.7 Å². The number of amides is 2. The number of carbonyl (C=O) groups excluding carboxylic acids is 2. The standard InChI is InChI=1S/C35H49N5O3S/c1-22-20-38(21-23(2)39(22)12-10-35-17-25-14-26(18-35)16-27(15-25)19-35)11-5-13-44-30-7-4-6-28-32(30)34(43)40(24(3)36-28)29-8-9-31(41)37-33(29)42/h4,6-7,22-23,25-27,29H,5,8-21H2,1-3H3,(H,37,41,42)/t22-,23-,25?,26?,27?,29-,35?/m1/s1. The van der Waals surface area contributed by atoms with Crippen molar-refractivity contribution in [2.45, 2.75) is 108 Å². The summed E-state index contributed by atoms with van der Waals surface area (Å²) < 4.78 is 1.49. The van der Waals surface area contributed by atoms with Gasteiger partial charge in [-0.25, -0.2) is 4.98 Å². The summed E-state index contributed by atoms with van der Waals surface area (Å²) >= 11 is 1.71. The van der Waals surface area contributed by atoms with Crippen molar-refractivity contribution in [3.05, 3.63) is 34.4 Å². The average molecular weight is 620 g/mol. The Bertz CT molecular complexity index is 1440. The molecule has 1 aromatic heterocycles. The lowest BCUT2D eigenvalue weighted by Gasteiger charge is -2.57. The SMILES string of the molecule is Cc1nc2cccc(SCCCN3C[C@@H](C)N(CCC45CC6CC(CC(C6)C4)C5)[C@H](C)C3)c2c(=O)n1[C@@H]1CCC(=O)NC1=O. The maximum absolute atomic E-state index is 13.7. The van der Waals surface area contributed by atoms with E-state index < -0.39 is 11.9 Å². The van der Waals surface area contributed by atoms with Gasteiger partial charge in [-0.1, -0.05) is 6.07 Å². The minimum atomic E-state index is -0.703. The maximum Gasteiger partial charge on any atom is 0.263 e. The second kappa shape index (κ2) is 12.2. The Labute approximate surface area is 265 Å². The Morgan fingerprint density at radius 2 is 1.66 bits per heavy atom. The zero-order valence-electron chi connectivity index (χ0n) is 26.7. The molecule has 44 heavy (non-hydrogen) atoms. The predicted octanol–water partition coefficient (Wildman–Crippen LogP) is 5.17. The molecule has 4 saturated carbocycles. The summed E-state index contributed by atoms with van der Waals surface area (Å²) in [7, 11) is 0. The van der Waals surface area contributed by atoms with Crippen LogP contribution in [0.25, 0.3) is 10.9 Å². The Morgan fingerprint density at radius 1 is 0.977 bits per heavy atom. The second-order valence-corrected chi connectivity index (χ2v) is 16.2. The summed E-state index contributed by atoms with van der Waals surface area (Å²) in [5.41, 5.74) is 1.12. The molecule has 238 valence electrons. The zero-order valence-corrected chi connectivity index (χ0v) is 27.5. The first-order valence-corrected chi connectivity index (χ1v) is 18.1. The molecule has 2 amide bonds. The number of fused-ring (bicyclic) bond motifs is 1. The van der Waals surface area contributed by atoms with E-state index in [2.05, 4.69) is 29.0 Å². The van der Waals surface area contributed by atoms with E-state index in [1.807, 2.05) is 18.2 Å². The highest BCUT2D eigenvalue weighted by molar-refractivity contribution is 7.99. The number of imide groups is 1. The minimum Gasteiger partial charge on any atom is -0.300 e. The van der Waals surface area contributed by atoms with Gasteiger partial charge in [0.05, 0.1) is 10.9 Å². The van der Waals surface area contributed by atoms with E-state index in [1.165, 1.54) is 56.1 Å². The summed E-state index contributed by atoms with van der Waals surface area (Å²) in [5.74, 6) is 3.81. The fourth-order valence-electron chi connectivity index (χ4n) is 10.3. The number of benzene rings is 1. The lowest BCUT2D eigenvalue weighted by atomic mass is 9.49. The highest BCUT2D eigenvalue weighted by atomic mass is 32.2. The lowest BCUT2D eigenvalue weighted by Crippen LogP contribution is -2.57. The van der Waals surface area contributed by atoms with Gasteiger partial charge in [-0.05, 0) is 133 Å². The molecule has 6 aliphatic rings. The molecule has 6 fully saturated rings. The molecule has 1 N–H and O–H groups in total. The molecule has 0 unspecified atom stereocenters. The summed E-state index contributed by atoms with van der Waals surface area (Å²) in [4.78, 5) is 49.1. The molecule has 0 radical (unpaired) electrons. The van der Waals surface area contributed by atoms with E-state index in [4.69, 9.17) is 4.98 Å². The molecular weight excluding hydrogens is 570 g/mol. The van der Waals surface area contributed by atoms with E-state index in [0.717, 1.165) is 54.5 Å². The molecule has 2 saturated heterocycles. The van der Waals surface area contributed by atoms with Crippen molar-refractivity contribution in [2.24, 2.45) is 23.2 Å². The molecule has 3 atom stereocenters. The van der Waals surface area contributed by atoms with Gasteiger partial charge < -0.3 is 4.90 Å². The fraction of sp³-hybridized carbons (Fsp3) is 0.714. The van der Waals surface area contributed by atoms with Gasteiger partial charge >= 0.3 is 0 Å². The number of piperazine rings is 1. The number of piperidine rings is 1. The molecular formula is C35H49N5O3S. The van der Waals surface area contributed by atoms with E-state index in [-0.39, 0.29) is 17.9 Å². The third-order valence-electron chi connectivity index (χ3n) is 11.7. The maximum atomic E-state index is 13.7. The van der Waals surface area contributed by atoms with Crippen LogP contribution in [0.3, 0.4) is 0 Å². The topological polar surface area (TPSA) is 87.5 Å². The van der Waals surface area contributed by atoms with Gasteiger partial charge in [0.15, 0.2) is 0 Å². The van der Waals surface area contributed by atoms with Crippen molar-refractivity contribution in [3.63, 3.8) is 0 Å². The number of nitrogens with one attached hydrogen (secondary N) is 1. The number of nitrogens with zero attached hydrogens (tertiary/aromatic N) is 4. The van der Waals surface area contributed by atoms with Crippen molar-refractivity contribution < 1.29 is 9.59 Å². The lowest BCUT2D eigenvalue weighted by molar-refractivity contribution is -0.135. The molecule has 2 aliphatic heterocycles. The summed E-state index contributed by atoms with van der Waals surface area (Å²) in [6.07, 6.45) is 12.1. The minimum absolute atomic E-state index is 0.197. The summed E-state index contributed by atoms with van der Waals surface area (Å²) in [6.45, 7) is 11.2. The fourth-order valence-corrected chi connectivity index (χ4v) is 11.3. The molecule has 4 bridgehead atoms. The Morgan fingerprint density at radius 3 is 2.32 bits per heavy atom. The van der Waals surface area contributed by atoms with Crippen LogP contribution < -0.4 is 10.9 Å². The Hall–Kier alpha value is -2.23. The van der Waals surface area contributed by atoms with Gasteiger partial charge in [-0.3, -0.25) is 29.2 Å². The summed E-state index contributed by atoms with van der Waals surface area (Å²) in [5, 5.41) is 2.95. The highest BCUT2D eigenvalue weighted by Crippen LogP contribution is 2.61. The van der Waals surface area contributed by atoms with Gasteiger partial charge in [0, 0.05) is 36.5 Å². The van der Waals surface area contributed by atoms with Crippen molar-refractivity contribution in [3.8, 4) is 0 Å². The van der Waals surface area contributed by atoms with Crippen LogP contribution in [0.15, 0.2) is 27.9 Å². The molecule has 9 heteroatoms. The number of hydrogen-bond donors (Lipinski definition) is 1. The zero-order chi connectivity index (χ0) is 30.6. The number of aryl methyl sites for hydroxylation is 1.